The van der Waals surface area contributed by atoms with Crippen LogP contribution < -0.4 is 16.3 Å². The van der Waals surface area contributed by atoms with Gasteiger partial charge in [0.05, 0.1) is 16.6 Å². The second-order valence-corrected chi connectivity index (χ2v) is 6.48. The molecule has 25 heavy (non-hydrogen) atoms. The maximum Gasteiger partial charge on any atom is 0.329 e. The van der Waals surface area contributed by atoms with Gasteiger partial charge < -0.3 is 5.32 Å². The molecule has 7 nitrogen and oxygen atoms in total. The Hall–Kier alpha value is -2.85. The molecule has 1 aromatic heterocycles. The molecule has 7 heteroatoms. The summed E-state index contributed by atoms with van der Waals surface area (Å²) in [7, 11) is 1.68. The Labute approximate surface area is 144 Å². The summed E-state index contributed by atoms with van der Waals surface area (Å²) in [5.41, 5.74) is 1.89. The number of imide groups is 1. The van der Waals surface area contributed by atoms with E-state index >= 15 is 0 Å². The van der Waals surface area contributed by atoms with Gasteiger partial charge in [-0.15, -0.1) is 0 Å². The molecule has 2 amide bonds. The Balaban J connectivity index is 1.84. The minimum Gasteiger partial charge on any atom is -0.314 e. The van der Waals surface area contributed by atoms with Crippen molar-refractivity contribution in [2.75, 3.05) is 13.1 Å². The summed E-state index contributed by atoms with van der Waals surface area (Å²) in [6.45, 7) is 1.78. The quantitative estimate of drug-likeness (QED) is 0.561. The molecular weight excluding hydrogens is 320 g/mol. The van der Waals surface area contributed by atoms with Crippen molar-refractivity contribution in [2.45, 2.75) is 18.9 Å². The summed E-state index contributed by atoms with van der Waals surface area (Å²) < 4.78 is 3.01. The molecule has 0 bridgehead atoms. The number of hydrogen-bond donors (Lipinski definition) is 2. The lowest BCUT2D eigenvalue weighted by molar-refractivity contribution is -0.135. The molecule has 1 unspecified atom stereocenters. The molecule has 2 aliphatic heterocycles. The number of nitrogens with zero attached hydrogens (tertiary/aromatic N) is 2. The number of nitrogens with one attached hydrogen (secondary N) is 2. The van der Waals surface area contributed by atoms with E-state index in [1.54, 1.807) is 7.05 Å². The van der Waals surface area contributed by atoms with Crippen LogP contribution in [-0.4, -0.2) is 34.0 Å². The van der Waals surface area contributed by atoms with Crippen molar-refractivity contribution in [3.63, 3.8) is 0 Å². The van der Waals surface area contributed by atoms with Gasteiger partial charge in [0.25, 0.3) is 0 Å². The molecule has 2 saturated heterocycles. The summed E-state index contributed by atoms with van der Waals surface area (Å²) in [5, 5.41) is 5.49. The lowest BCUT2D eigenvalue weighted by atomic mass is 10.0. The predicted molar refractivity (Wildman–Crippen MR) is 91.8 cm³/mol. The van der Waals surface area contributed by atoms with Crippen LogP contribution in [0.3, 0.4) is 0 Å². The fourth-order valence-electron chi connectivity index (χ4n) is 3.34. The van der Waals surface area contributed by atoms with Gasteiger partial charge in [0.2, 0.25) is 11.8 Å². The minimum absolute atomic E-state index is 0.230. The molecule has 0 aliphatic carbocycles. The number of fused-ring (bicyclic) bond motifs is 1. The molecule has 4 rings (SSSR count). The van der Waals surface area contributed by atoms with Crippen LogP contribution in [0.25, 0.3) is 11.0 Å². The average molecular weight is 338 g/mol. The van der Waals surface area contributed by atoms with Crippen LogP contribution in [0.1, 0.15) is 24.4 Å². The summed E-state index contributed by atoms with van der Waals surface area (Å²) in [6.07, 6.45) is 0.556. The van der Waals surface area contributed by atoms with Crippen molar-refractivity contribution in [2.24, 2.45) is 13.0 Å². The van der Waals surface area contributed by atoms with Gasteiger partial charge in [0.1, 0.15) is 6.04 Å². The highest BCUT2D eigenvalue weighted by Crippen LogP contribution is 2.24. The number of piperidine rings is 1. The number of imidazole rings is 1. The van der Waals surface area contributed by atoms with Crippen LogP contribution in [0, 0.1) is 17.8 Å². The zero-order chi connectivity index (χ0) is 17.6. The fraction of sp³-hybridized carbons (Fsp3) is 0.389. The number of aryl methyl sites for hydroxylation is 1. The summed E-state index contributed by atoms with van der Waals surface area (Å²) in [6, 6.07) is 4.87. The van der Waals surface area contributed by atoms with Crippen molar-refractivity contribution >= 4 is 22.8 Å². The zero-order valence-electron chi connectivity index (χ0n) is 13.8. The normalized spacial score (nSPS) is 20.8. The van der Waals surface area contributed by atoms with Gasteiger partial charge >= 0.3 is 5.69 Å². The van der Waals surface area contributed by atoms with Gasteiger partial charge in [-0.2, -0.15) is 0 Å². The number of para-hydroxylation sites is 1. The SMILES string of the molecule is Cn1c(=O)n(C2CCC(=O)NC2=O)c2cccc(C#CC3CNC3)c21. The maximum atomic E-state index is 12.8. The van der Waals surface area contributed by atoms with E-state index in [0.29, 0.717) is 17.9 Å². The lowest BCUT2D eigenvalue weighted by Gasteiger charge is -2.22. The number of carbonyl (C=O) groups excluding carboxylic acids is 2. The first kappa shape index (κ1) is 15.7. The average Bonchev–Trinajstić information content (AvgIpc) is 2.79. The standard InChI is InChI=1S/C18H18N4O3/c1-21-16-12(6-5-11-9-19-10-11)3-2-4-13(16)22(18(21)25)14-7-8-15(23)20-17(14)24/h2-4,11,14,19H,7-10H2,1H3,(H,20,23,24). The van der Waals surface area contributed by atoms with Crippen LogP contribution in [0.2, 0.25) is 0 Å². The number of carbonyl (C=O) groups is 2. The first-order valence-electron chi connectivity index (χ1n) is 8.32. The van der Waals surface area contributed by atoms with E-state index in [0.717, 1.165) is 24.2 Å². The van der Waals surface area contributed by atoms with E-state index in [2.05, 4.69) is 22.5 Å². The lowest BCUT2D eigenvalue weighted by Crippen LogP contribution is -2.44. The Morgan fingerprint density at radius 2 is 2.00 bits per heavy atom. The third-order valence-electron chi connectivity index (χ3n) is 4.82. The molecule has 1 aromatic carbocycles. The molecule has 1 atom stereocenters. The summed E-state index contributed by atoms with van der Waals surface area (Å²) in [5.74, 6) is 6.00. The van der Waals surface area contributed by atoms with E-state index in [4.69, 9.17) is 0 Å². The highest BCUT2D eigenvalue weighted by Gasteiger charge is 2.31. The monoisotopic (exact) mass is 338 g/mol. The topological polar surface area (TPSA) is 85.1 Å². The van der Waals surface area contributed by atoms with Crippen molar-refractivity contribution in [3.8, 4) is 11.8 Å². The number of benzene rings is 1. The second-order valence-electron chi connectivity index (χ2n) is 6.48. The molecule has 2 aliphatic rings. The van der Waals surface area contributed by atoms with Gasteiger partial charge in [-0.1, -0.05) is 17.9 Å². The summed E-state index contributed by atoms with van der Waals surface area (Å²) >= 11 is 0. The van der Waals surface area contributed by atoms with Crippen LogP contribution in [0.15, 0.2) is 23.0 Å². The largest absolute Gasteiger partial charge is 0.329 e. The van der Waals surface area contributed by atoms with E-state index < -0.39 is 11.9 Å². The first-order chi connectivity index (χ1) is 12.1. The second kappa shape index (κ2) is 5.90. The zero-order valence-corrected chi connectivity index (χ0v) is 13.8. The fourth-order valence-corrected chi connectivity index (χ4v) is 3.34. The molecule has 0 spiro atoms. The van der Waals surface area contributed by atoms with Crippen LogP contribution in [0.5, 0.6) is 0 Å². The van der Waals surface area contributed by atoms with E-state index in [9.17, 15) is 14.4 Å². The predicted octanol–water partition coefficient (Wildman–Crippen LogP) is -0.111. The molecule has 0 radical (unpaired) electrons. The third-order valence-corrected chi connectivity index (χ3v) is 4.82. The summed E-state index contributed by atoms with van der Waals surface area (Å²) in [4.78, 5) is 36.4. The van der Waals surface area contributed by atoms with Crippen molar-refractivity contribution < 1.29 is 9.59 Å². The molecule has 0 saturated carbocycles. The number of aromatic nitrogens is 2. The molecule has 3 heterocycles. The third kappa shape index (κ3) is 2.55. The van der Waals surface area contributed by atoms with Gasteiger partial charge in [0.15, 0.2) is 0 Å². The van der Waals surface area contributed by atoms with E-state index in [-0.39, 0.29) is 18.0 Å². The smallest absolute Gasteiger partial charge is 0.314 e. The highest BCUT2D eigenvalue weighted by molar-refractivity contribution is 6.00. The van der Waals surface area contributed by atoms with Gasteiger partial charge in [-0.25, -0.2) is 4.79 Å². The molecule has 128 valence electrons. The maximum absolute atomic E-state index is 12.8. The molecule has 2 aromatic rings. The molecule has 2 N–H and O–H groups in total. The van der Waals surface area contributed by atoms with E-state index in [1.807, 2.05) is 18.2 Å². The van der Waals surface area contributed by atoms with Crippen LogP contribution >= 0.6 is 0 Å². The van der Waals surface area contributed by atoms with Crippen LogP contribution in [-0.2, 0) is 16.6 Å². The van der Waals surface area contributed by atoms with Crippen molar-refractivity contribution in [1.29, 1.82) is 0 Å². The Kier molecular flexibility index (Phi) is 3.70. The Morgan fingerprint density at radius 3 is 2.68 bits per heavy atom. The van der Waals surface area contributed by atoms with Crippen LogP contribution in [0.4, 0.5) is 0 Å². The first-order valence-corrected chi connectivity index (χ1v) is 8.32. The van der Waals surface area contributed by atoms with Crippen molar-refractivity contribution in [1.82, 2.24) is 19.8 Å². The van der Waals surface area contributed by atoms with Gasteiger partial charge in [-0.3, -0.25) is 24.0 Å². The van der Waals surface area contributed by atoms with E-state index in [1.165, 1.54) is 9.13 Å². The Bertz CT molecular complexity index is 1000. The number of amides is 2. The van der Waals surface area contributed by atoms with Gasteiger partial charge in [0, 0.05) is 32.5 Å². The Morgan fingerprint density at radius 1 is 1.20 bits per heavy atom. The number of hydrogen-bond acceptors (Lipinski definition) is 4. The minimum atomic E-state index is -0.673. The molecule has 2 fully saturated rings. The van der Waals surface area contributed by atoms with Crippen molar-refractivity contribution in [3.05, 3.63) is 34.2 Å². The number of rotatable bonds is 1. The van der Waals surface area contributed by atoms with Gasteiger partial charge in [-0.05, 0) is 18.6 Å². The highest BCUT2D eigenvalue weighted by atomic mass is 16.2. The molecular formula is C18H18N4O3.